The molecule has 3 rings (SSSR count). The van der Waals surface area contributed by atoms with Gasteiger partial charge in [-0.1, -0.05) is 24.4 Å². The number of hydrogen-bond acceptors (Lipinski definition) is 3. The molecule has 1 saturated carbocycles. The van der Waals surface area contributed by atoms with Gasteiger partial charge in [-0.25, -0.2) is 0 Å². The fourth-order valence-electron chi connectivity index (χ4n) is 2.46. The molecular weight excluding hydrogens is 292 g/mol. The van der Waals surface area contributed by atoms with E-state index < -0.39 is 0 Å². The molecule has 1 aliphatic rings. The molecule has 1 aromatic carbocycles. The molecule has 0 aliphatic heterocycles. The molecule has 1 unspecified atom stereocenters. The fraction of sp³-hybridized carbons (Fsp3) is 0.400. The van der Waals surface area contributed by atoms with Gasteiger partial charge in [-0.2, -0.15) is 0 Å². The lowest BCUT2D eigenvalue weighted by atomic mass is 10.1. The standard InChI is InChI=1S/C15H17ClN2OS/c1-8(6-9-2-3-9)18-15(19)14-13(17)11-7-10(16)4-5-12(11)20-14/h4-5,7-9H,2-3,6,17H2,1H3,(H,18,19). The summed E-state index contributed by atoms with van der Waals surface area (Å²) in [6, 6.07) is 5.73. The summed E-state index contributed by atoms with van der Waals surface area (Å²) in [5, 5.41) is 4.54. The monoisotopic (exact) mass is 308 g/mol. The minimum atomic E-state index is -0.0760. The Labute approximate surface area is 127 Å². The minimum Gasteiger partial charge on any atom is -0.397 e. The van der Waals surface area contributed by atoms with Gasteiger partial charge in [-0.3, -0.25) is 4.79 Å². The lowest BCUT2D eigenvalue weighted by Crippen LogP contribution is -2.32. The van der Waals surface area contributed by atoms with Crippen LogP contribution in [-0.4, -0.2) is 11.9 Å². The van der Waals surface area contributed by atoms with Crippen molar-refractivity contribution >= 4 is 44.6 Å². The highest BCUT2D eigenvalue weighted by atomic mass is 35.5. The molecule has 5 heteroatoms. The maximum Gasteiger partial charge on any atom is 0.263 e. The van der Waals surface area contributed by atoms with Gasteiger partial charge in [0.05, 0.1) is 5.69 Å². The van der Waals surface area contributed by atoms with Gasteiger partial charge in [0.15, 0.2) is 0 Å². The normalized spacial score (nSPS) is 16.3. The van der Waals surface area contributed by atoms with Crippen LogP contribution in [0.1, 0.15) is 35.9 Å². The quantitative estimate of drug-likeness (QED) is 0.895. The van der Waals surface area contributed by atoms with Crippen LogP contribution in [0.2, 0.25) is 5.02 Å². The number of thiophene rings is 1. The molecule has 3 nitrogen and oxygen atoms in total. The average Bonchev–Trinajstić information content (AvgIpc) is 3.14. The number of benzene rings is 1. The number of nitrogen functional groups attached to an aromatic ring is 1. The predicted molar refractivity (Wildman–Crippen MR) is 85.5 cm³/mol. The molecule has 1 atom stereocenters. The van der Waals surface area contributed by atoms with Crippen LogP contribution in [0.5, 0.6) is 0 Å². The van der Waals surface area contributed by atoms with E-state index in [0.717, 1.165) is 22.4 Å². The molecule has 0 saturated heterocycles. The first-order valence-electron chi connectivity index (χ1n) is 6.83. The average molecular weight is 309 g/mol. The molecular formula is C15H17ClN2OS. The van der Waals surface area contributed by atoms with Crippen LogP contribution in [0.25, 0.3) is 10.1 Å². The summed E-state index contributed by atoms with van der Waals surface area (Å²) >= 11 is 7.40. The zero-order valence-electron chi connectivity index (χ0n) is 11.3. The lowest BCUT2D eigenvalue weighted by molar-refractivity contribution is 0.0942. The van der Waals surface area contributed by atoms with Gasteiger partial charge in [0.25, 0.3) is 5.91 Å². The highest BCUT2D eigenvalue weighted by Crippen LogP contribution is 2.36. The Morgan fingerprint density at radius 1 is 1.55 bits per heavy atom. The van der Waals surface area contributed by atoms with Crippen molar-refractivity contribution in [2.45, 2.75) is 32.2 Å². The van der Waals surface area contributed by atoms with E-state index in [-0.39, 0.29) is 11.9 Å². The smallest absolute Gasteiger partial charge is 0.263 e. The number of halogens is 1. The Morgan fingerprint density at radius 2 is 2.30 bits per heavy atom. The van der Waals surface area contributed by atoms with Crippen molar-refractivity contribution in [1.82, 2.24) is 5.32 Å². The third kappa shape index (κ3) is 2.76. The van der Waals surface area contributed by atoms with Crippen LogP contribution in [0.4, 0.5) is 5.69 Å². The van der Waals surface area contributed by atoms with Crippen molar-refractivity contribution in [3.63, 3.8) is 0 Å². The summed E-state index contributed by atoms with van der Waals surface area (Å²) in [5.74, 6) is 0.719. The van der Waals surface area contributed by atoms with Crippen molar-refractivity contribution in [2.24, 2.45) is 5.92 Å². The van der Waals surface area contributed by atoms with Crippen LogP contribution in [0.15, 0.2) is 18.2 Å². The third-order valence-electron chi connectivity index (χ3n) is 3.66. The van der Waals surface area contributed by atoms with E-state index >= 15 is 0 Å². The first-order valence-corrected chi connectivity index (χ1v) is 8.02. The summed E-state index contributed by atoms with van der Waals surface area (Å²) in [6.45, 7) is 2.05. The van der Waals surface area contributed by atoms with Crippen LogP contribution < -0.4 is 11.1 Å². The summed E-state index contributed by atoms with van der Waals surface area (Å²) < 4.78 is 0.992. The lowest BCUT2D eigenvalue weighted by Gasteiger charge is -2.12. The van der Waals surface area contributed by atoms with Crippen LogP contribution in [0.3, 0.4) is 0 Å². The molecule has 106 valence electrons. The van der Waals surface area contributed by atoms with Crippen molar-refractivity contribution in [3.05, 3.63) is 28.1 Å². The zero-order valence-corrected chi connectivity index (χ0v) is 12.9. The van der Waals surface area contributed by atoms with Gasteiger partial charge in [0.2, 0.25) is 0 Å². The second-order valence-electron chi connectivity index (χ2n) is 5.54. The number of carbonyl (C=O) groups is 1. The SMILES string of the molecule is CC(CC1CC1)NC(=O)c1sc2ccc(Cl)cc2c1N. The van der Waals surface area contributed by atoms with Crippen molar-refractivity contribution in [1.29, 1.82) is 0 Å². The van der Waals surface area contributed by atoms with Gasteiger partial charge in [-0.05, 0) is 37.5 Å². The number of nitrogens with two attached hydrogens (primary N) is 1. The fourth-order valence-corrected chi connectivity index (χ4v) is 3.64. The topological polar surface area (TPSA) is 55.1 Å². The molecule has 1 aliphatic carbocycles. The third-order valence-corrected chi connectivity index (χ3v) is 5.08. The maximum absolute atomic E-state index is 12.3. The van der Waals surface area contributed by atoms with Gasteiger partial charge in [0, 0.05) is 21.2 Å². The van der Waals surface area contributed by atoms with E-state index in [4.69, 9.17) is 17.3 Å². The summed E-state index contributed by atoms with van der Waals surface area (Å²) in [4.78, 5) is 12.9. The van der Waals surface area contributed by atoms with Crippen LogP contribution in [-0.2, 0) is 0 Å². The number of amides is 1. The molecule has 3 N–H and O–H groups in total. The number of fused-ring (bicyclic) bond motifs is 1. The minimum absolute atomic E-state index is 0.0760. The zero-order chi connectivity index (χ0) is 14.3. The van der Waals surface area contributed by atoms with E-state index in [1.165, 1.54) is 24.2 Å². The van der Waals surface area contributed by atoms with Crippen LogP contribution >= 0.6 is 22.9 Å². The van der Waals surface area contributed by atoms with Crippen molar-refractivity contribution < 1.29 is 4.79 Å². The summed E-state index contributed by atoms with van der Waals surface area (Å²) in [5.41, 5.74) is 6.62. The van der Waals surface area contributed by atoms with Gasteiger partial charge in [-0.15, -0.1) is 11.3 Å². The number of carbonyl (C=O) groups excluding carboxylic acids is 1. The molecule has 1 aromatic heterocycles. The Hall–Kier alpha value is -1.26. The molecule has 20 heavy (non-hydrogen) atoms. The molecule has 1 amide bonds. The molecule has 1 heterocycles. The summed E-state index contributed by atoms with van der Waals surface area (Å²) in [6.07, 6.45) is 3.65. The second kappa shape index (κ2) is 5.26. The Balaban J connectivity index is 1.81. The molecule has 0 spiro atoms. The van der Waals surface area contributed by atoms with Crippen molar-refractivity contribution in [3.8, 4) is 0 Å². The van der Waals surface area contributed by atoms with E-state index in [0.29, 0.717) is 15.6 Å². The van der Waals surface area contributed by atoms with Crippen molar-refractivity contribution in [2.75, 3.05) is 5.73 Å². The highest BCUT2D eigenvalue weighted by Gasteiger charge is 2.25. The van der Waals surface area contributed by atoms with Crippen LogP contribution in [0, 0.1) is 5.92 Å². The van der Waals surface area contributed by atoms with Gasteiger partial charge >= 0.3 is 0 Å². The highest BCUT2D eigenvalue weighted by molar-refractivity contribution is 7.21. The van der Waals surface area contributed by atoms with Gasteiger partial charge in [0.1, 0.15) is 4.88 Å². The Kier molecular flexibility index (Phi) is 3.61. The van der Waals surface area contributed by atoms with E-state index in [1.807, 2.05) is 18.2 Å². The molecule has 1 fully saturated rings. The first-order chi connectivity index (χ1) is 9.54. The van der Waals surface area contributed by atoms with E-state index in [1.54, 1.807) is 0 Å². The van der Waals surface area contributed by atoms with Gasteiger partial charge < -0.3 is 11.1 Å². The first kappa shape index (κ1) is 13.7. The predicted octanol–water partition coefficient (Wildman–Crippen LogP) is 4.06. The second-order valence-corrected chi connectivity index (χ2v) is 7.03. The molecule has 0 radical (unpaired) electrons. The number of nitrogens with one attached hydrogen (secondary N) is 1. The Bertz CT molecular complexity index is 663. The molecule has 0 bridgehead atoms. The Morgan fingerprint density at radius 3 is 3.00 bits per heavy atom. The molecule has 2 aromatic rings. The number of rotatable bonds is 4. The van der Waals surface area contributed by atoms with E-state index in [2.05, 4.69) is 12.2 Å². The number of anilines is 1. The number of hydrogen-bond donors (Lipinski definition) is 2. The largest absolute Gasteiger partial charge is 0.397 e. The summed E-state index contributed by atoms with van der Waals surface area (Å²) in [7, 11) is 0. The maximum atomic E-state index is 12.3. The van der Waals surface area contributed by atoms with E-state index in [9.17, 15) is 4.79 Å².